The number of hydrogen-bond donors (Lipinski definition) is 1. The minimum absolute atomic E-state index is 0.173. The van der Waals surface area contributed by atoms with Crippen LogP contribution in [0.3, 0.4) is 0 Å². The van der Waals surface area contributed by atoms with Crippen LogP contribution < -0.4 is 10.2 Å². The molecule has 0 radical (unpaired) electrons. The highest BCUT2D eigenvalue weighted by atomic mass is 32.1. The largest absolute Gasteiger partial charge is 0.328 e. The molecule has 1 N–H and O–H groups in total. The Balaban J connectivity index is 1.72. The van der Waals surface area contributed by atoms with Crippen LogP contribution in [0, 0.1) is 0 Å². The van der Waals surface area contributed by atoms with E-state index in [-0.39, 0.29) is 5.91 Å². The number of amides is 1. The lowest BCUT2D eigenvalue weighted by atomic mass is 10.3. The van der Waals surface area contributed by atoms with Crippen molar-refractivity contribution < 1.29 is 4.79 Å². The van der Waals surface area contributed by atoms with E-state index >= 15 is 0 Å². The zero-order chi connectivity index (χ0) is 15.4. The predicted molar refractivity (Wildman–Crippen MR) is 88.8 cm³/mol. The maximum absolute atomic E-state index is 11.9. The maximum Gasteiger partial charge on any atom is 0.266 e. The molecule has 0 saturated carbocycles. The van der Waals surface area contributed by atoms with Crippen LogP contribution in [0.1, 0.15) is 9.67 Å². The molecular formula is C16H14N4OS. The molecule has 2 heterocycles. The molecule has 0 spiro atoms. The normalized spacial score (nSPS) is 10.2. The van der Waals surface area contributed by atoms with E-state index < -0.39 is 0 Å². The van der Waals surface area contributed by atoms with Crippen LogP contribution in [0.2, 0.25) is 0 Å². The standard InChI is InChI=1S/C16H14N4OS/c1-20(12-6-3-2-4-7-12)15-10-9-14(18-19-15)17-16(21)13-8-5-11-22-13/h2-11H,1H3,(H,17,18,21). The Morgan fingerprint density at radius 3 is 2.50 bits per heavy atom. The fourth-order valence-corrected chi connectivity index (χ4v) is 2.56. The quantitative estimate of drug-likeness (QED) is 0.800. The van der Waals surface area contributed by atoms with E-state index in [1.165, 1.54) is 11.3 Å². The Labute approximate surface area is 132 Å². The topological polar surface area (TPSA) is 58.1 Å². The van der Waals surface area contributed by atoms with E-state index in [1.54, 1.807) is 12.1 Å². The fraction of sp³-hybridized carbons (Fsp3) is 0.0625. The monoisotopic (exact) mass is 310 g/mol. The molecule has 22 heavy (non-hydrogen) atoms. The van der Waals surface area contributed by atoms with E-state index in [4.69, 9.17) is 0 Å². The molecule has 2 aromatic heterocycles. The van der Waals surface area contributed by atoms with Gasteiger partial charge in [-0.2, -0.15) is 0 Å². The first-order chi connectivity index (χ1) is 10.7. The average molecular weight is 310 g/mol. The number of rotatable bonds is 4. The number of carbonyl (C=O) groups excluding carboxylic acids is 1. The Morgan fingerprint density at radius 1 is 1.05 bits per heavy atom. The van der Waals surface area contributed by atoms with Gasteiger partial charge in [0.1, 0.15) is 0 Å². The summed E-state index contributed by atoms with van der Waals surface area (Å²) in [6.45, 7) is 0. The minimum atomic E-state index is -0.173. The highest BCUT2D eigenvalue weighted by Gasteiger charge is 2.09. The molecular weight excluding hydrogens is 296 g/mol. The van der Waals surface area contributed by atoms with Crippen molar-refractivity contribution in [3.63, 3.8) is 0 Å². The lowest BCUT2D eigenvalue weighted by molar-refractivity contribution is 0.103. The zero-order valence-corrected chi connectivity index (χ0v) is 12.7. The van der Waals surface area contributed by atoms with E-state index in [0.717, 1.165) is 5.69 Å². The van der Waals surface area contributed by atoms with Crippen LogP contribution in [-0.2, 0) is 0 Å². The number of anilines is 3. The summed E-state index contributed by atoms with van der Waals surface area (Å²) in [7, 11) is 1.92. The summed E-state index contributed by atoms with van der Waals surface area (Å²) in [5.41, 5.74) is 1.02. The third-order valence-electron chi connectivity index (χ3n) is 3.12. The molecule has 0 bridgehead atoms. The van der Waals surface area contributed by atoms with Gasteiger partial charge in [0.25, 0.3) is 5.91 Å². The summed E-state index contributed by atoms with van der Waals surface area (Å²) in [4.78, 5) is 14.5. The first-order valence-electron chi connectivity index (χ1n) is 6.71. The lowest BCUT2D eigenvalue weighted by Gasteiger charge is -2.17. The summed E-state index contributed by atoms with van der Waals surface area (Å²) < 4.78 is 0. The average Bonchev–Trinajstić information content (AvgIpc) is 3.10. The van der Waals surface area contributed by atoms with Crippen LogP contribution in [0.4, 0.5) is 17.3 Å². The molecule has 110 valence electrons. The summed E-state index contributed by atoms with van der Waals surface area (Å²) in [6, 6.07) is 17.1. The van der Waals surface area contributed by atoms with E-state index in [0.29, 0.717) is 16.5 Å². The molecule has 3 aromatic rings. The number of carbonyl (C=O) groups is 1. The van der Waals surface area contributed by atoms with Crippen molar-refractivity contribution in [1.29, 1.82) is 0 Å². The molecule has 6 heteroatoms. The maximum atomic E-state index is 11.9. The molecule has 0 atom stereocenters. The first kappa shape index (κ1) is 14.2. The third-order valence-corrected chi connectivity index (χ3v) is 3.99. The molecule has 3 rings (SSSR count). The van der Waals surface area contributed by atoms with Gasteiger partial charge in [-0.15, -0.1) is 21.5 Å². The number of thiophene rings is 1. The van der Waals surface area contributed by atoms with Crippen molar-refractivity contribution in [3.8, 4) is 0 Å². The molecule has 0 aliphatic heterocycles. The molecule has 0 aliphatic carbocycles. The minimum Gasteiger partial charge on any atom is -0.328 e. The van der Waals surface area contributed by atoms with Gasteiger partial charge < -0.3 is 10.2 Å². The van der Waals surface area contributed by atoms with Crippen LogP contribution in [0.5, 0.6) is 0 Å². The van der Waals surface area contributed by atoms with E-state index in [2.05, 4.69) is 15.5 Å². The second-order valence-electron chi connectivity index (χ2n) is 4.60. The van der Waals surface area contributed by atoms with Crippen LogP contribution in [0.15, 0.2) is 60.0 Å². The molecule has 0 fully saturated rings. The SMILES string of the molecule is CN(c1ccccc1)c1ccc(NC(=O)c2cccs2)nn1. The first-order valence-corrected chi connectivity index (χ1v) is 7.59. The molecule has 0 aliphatic rings. The van der Waals surface area contributed by atoms with E-state index in [9.17, 15) is 4.79 Å². The third kappa shape index (κ3) is 3.12. The second kappa shape index (κ2) is 6.36. The number of hydrogen-bond acceptors (Lipinski definition) is 5. The predicted octanol–water partition coefficient (Wildman–Crippen LogP) is 3.56. The molecule has 0 saturated heterocycles. The van der Waals surface area contributed by atoms with Gasteiger partial charge in [0.2, 0.25) is 0 Å². The van der Waals surface area contributed by atoms with Gasteiger partial charge in [0, 0.05) is 12.7 Å². The van der Waals surface area contributed by atoms with Gasteiger partial charge in [-0.25, -0.2) is 0 Å². The number of nitrogens with zero attached hydrogens (tertiary/aromatic N) is 3. The van der Waals surface area contributed by atoms with Gasteiger partial charge in [0.05, 0.1) is 4.88 Å². The molecule has 1 aromatic carbocycles. The highest BCUT2D eigenvalue weighted by molar-refractivity contribution is 7.12. The molecule has 5 nitrogen and oxygen atoms in total. The van der Waals surface area contributed by atoms with Crippen molar-refractivity contribution >= 4 is 34.6 Å². The van der Waals surface area contributed by atoms with Gasteiger partial charge in [-0.3, -0.25) is 4.79 Å². The summed E-state index contributed by atoms with van der Waals surface area (Å²) in [5, 5.41) is 12.8. The van der Waals surface area contributed by atoms with Crippen molar-refractivity contribution in [1.82, 2.24) is 10.2 Å². The zero-order valence-electron chi connectivity index (χ0n) is 11.9. The number of benzene rings is 1. The molecule has 0 unspecified atom stereocenters. The van der Waals surface area contributed by atoms with Crippen molar-refractivity contribution in [3.05, 3.63) is 64.9 Å². The Hall–Kier alpha value is -2.73. The second-order valence-corrected chi connectivity index (χ2v) is 5.55. The Kier molecular flexibility index (Phi) is 4.11. The van der Waals surface area contributed by atoms with Crippen molar-refractivity contribution in [2.24, 2.45) is 0 Å². The number of aromatic nitrogens is 2. The smallest absolute Gasteiger partial charge is 0.266 e. The summed E-state index contributed by atoms with van der Waals surface area (Å²) in [5.74, 6) is 0.970. The van der Waals surface area contributed by atoms with Crippen molar-refractivity contribution in [2.75, 3.05) is 17.3 Å². The Bertz CT molecular complexity index is 742. The van der Waals surface area contributed by atoms with Gasteiger partial charge in [-0.05, 0) is 35.7 Å². The fourth-order valence-electron chi connectivity index (χ4n) is 1.94. The number of nitrogens with one attached hydrogen (secondary N) is 1. The van der Waals surface area contributed by atoms with Gasteiger partial charge in [-0.1, -0.05) is 24.3 Å². The summed E-state index contributed by atoms with van der Waals surface area (Å²) >= 11 is 1.39. The van der Waals surface area contributed by atoms with Gasteiger partial charge >= 0.3 is 0 Å². The number of para-hydroxylation sites is 1. The van der Waals surface area contributed by atoms with Crippen molar-refractivity contribution in [2.45, 2.75) is 0 Å². The van der Waals surface area contributed by atoms with Crippen LogP contribution in [-0.4, -0.2) is 23.2 Å². The van der Waals surface area contributed by atoms with Gasteiger partial charge in [0.15, 0.2) is 11.6 Å². The lowest BCUT2D eigenvalue weighted by Crippen LogP contribution is -2.14. The Morgan fingerprint density at radius 2 is 1.86 bits per heavy atom. The van der Waals surface area contributed by atoms with E-state index in [1.807, 2.05) is 59.8 Å². The van der Waals surface area contributed by atoms with Crippen LogP contribution in [0.25, 0.3) is 0 Å². The highest BCUT2D eigenvalue weighted by Crippen LogP contribution is 2.21. The molecule has 1 amide bonds. The van der Waals surface area contributed by atoms with Crippen LogP contribution >= 0.6 is 11.3 Å². The summed E-state index contributed by atoms with van der Waals surface area (Å²) in [6.07, 6.45) is 0.